The van der Waals surface area contributed by atoms with Gasteiger partial charge in [-0.2, -0.15) is 0 Å². The van der Waals surface area contributed by atoms with Crippen LogP contribution in [0, 0.1) is 0 Å². The number of nitrogens with two attached hydrogens (primary N) is 1. The second kappa shape index (κ2) is 5.33. The zero-order chi connectivity index (χ0) is 7.94. The predicted molar refractivity (Wildman–Crippen MR) is 48.5 cm³/mol. The molecule has 0 spiro atoms. The smallest absolute Gasteiger partial charge is 0.0104 e. The molecule has 1 atom stereocenters. The maximum Gasteiger partial charge on any atom is 0.0104 e. The first-order chi connectivity index (χ1) is 5.43. The highest BCUT2D eigenvalue weighted by Crippen LogP contribution is 2.09. The van der Waals surface area contributed by atoms with Crippen LogP contribution < -0.4 is 11.1 Å². The highest BCUT2D eigenvalue weighted by molar-refractivity contribution is 4.92. The Labute approximate surface area is 68.9 Å². The summed E-state index contributed by atoms with van der Waals surface area (Å²) in [5, 5.41) is 3.49. The summed E-state index contributed by atoms with van der Waals surface area (Å²) in [6.45, 7) is 1.88. The molecule has 0 amide bonds. The first kappa shape index (κ1) is 8.75. The fourth-order valence-corrected chi connectivity index (χ4v) is 1.39. The van der Waals surface area contributed by atoms with Gasteiger partial charge in [0.15, 0.2) is 0 Å². The number of allylic oxidation sites excluding steroid dienone is 1. The highest BCUT2D eigenvalue weighted by atomic mass is 14.9. The van der Waals surface area contributed by atoms with Crippen molar-refractivity contribution in [3.8, 4) is 0 Å². The van der Waals surface area contributed by atoms with Gasteiger partial charge in [0.25, 0.3) is 0 Å². The van der Waals surface area contributed by atoms with E-state index in [4.69, 9.17) is 5.73 Å². The Morgan fingerprint density at radius 3 is 3.00 bits per heavy atom. The van der Waals surface area contributed by atoms with Gasteiger partial charge >= 0.3 is 0 Å². The van der Waals surface area contributed by atoms with E-state index in [2.05, 4.69) is 17.5 Å². The molecule has 0 fully saturated rings. The summed E-state index contributed by atoms with van der Waals surface area (Å²) in [4.78, 5) is 0. The molecule has 0 heterocycles. The van der Waals surface area contributed by atoms with Gasteiger partial charge < -0.3 is 11.1 Å². The van der Waals surface area contributed by atoms with E-state index in [1.54, 1.807) is 0 Å². The average molecular weight is 154 g/mol. The Morgan fingerprint density at radius 2 is 2.36 bits per heavy atom. The van der Waals surface area contributed by atoms with Crippen LogP contribution in [0.4, 0.5) is 0 Å². The molecule has 3 N–H and O–H groups in total. The van der Waals surface area contributed by atoms with Crippen LogP contribution in [0.25, 0.3) is 0 Å². The molecule has 0 saturated carbocycles. The fraction of sp³-hybridized carbons (Fsp3) is 0.778. The van der Waals surface area contributed by atoms with E-state index in [1.165, 1.54) is 19.3 Å². The first-order valence-corrected chi connectivity index (χ1v) is 4.52. The van der Waals surface area contributed by atoms with Crippen molar-refractivity contribution in [1.82, 2.24) is 5.32 Å². The van der Waals surface area contributed by atoms with Gasteiger partial charge in [-0.25, -0.2) is 0 Å². The highest BCUT2D eigenvalue weighted by Gasteiger charge is 2.06. The lowest BCUT2D eigenvalue weighted by molar-refractivity contribution is 0.472. The summed E-state index contributed by atoms with van der Waals surface area (Å²) < 4.78 is 0. The van der Waals surface area contributed by atoms with Crippen LogP contribution >= 0.6 is 0 Å². The van der Waals surface area contributed by atoms with Gasteiger partial charge in [-0.05, 0) is 38.8 Å². The van der Waals surface area contributed by atoms with Crippen molar-refractivity contribution < 1.29 is 0 Å². The molecule has 1 unspecified atom stereocenters. The van der Waals surface area contributed by atoms with Crippen molar-refractivity contribution in [2.75, 3.05) is 13.1 Å². The topological polar surface area (TPSA) is 38.0 Å². The molecule has 2 heteroatoms. The van der Waals surface area contributed by atoms with Crippen LogP contribution in [0.5, 0.6) is 0 Å². The van der Waals surface area contributed by atoms with E-state index >= 15 is 0 Å². The van der Waals surface area contributed by atoms with Crippen molar-refractivity contribution >= 4 is 0 Å². The summed E-state index contributed by atoms with van der Waals surface area (Å²) in [6, 6.07) is 0.714. The van der Waals surface area contributed by atoms with Gasteiger partial charge in [-0.3, -0.25) is 0 Å². The van der Waals surface area contributed by atoms with Crippen molar-refractivity contribution in [1.29, 1.82) is 0 Å². The van der Waals surface area contributed by atoms with Crippen molar-refractivity contribution in [3.63, 3.8) is 0 Å². The van der Waals surface area contributed by atoms with E-state index in [0.717, 1.165) is 19.5 Å². The largest absolute Gasteiger partial charge is 0.330 e. The molecular weight excluding hydrogens is 136 g/mol. The SMILES string of the molecule is NCCCNC1CC=CCC1. The van der Waals surface area contributed by atoms with Crippen molar-refractivity contribution in [2.24, 2.45) is 5.73 Å². The van der Waals surface area contributed by atoms with E-state index in [1.807, 2.05) is 0 Å². The second-order valence-electron chi connectivity index (χ2n) is 3.08. The van der Waals surface area contributed by atoms with Crippen LogP contribution in [-0.2, 0) is 0 Å². The zero-order valence-electron chi connectivity index (χ0n) is 7.05. The van der Waals surface area contributed by atoms with E-state index in [0.29, 0.717) is 6.04 Å². The van der Waals surface area contributed by atoms with E-state index in [-0.39, 0.29) is 0 Å². The Balaban J connectivity index is 2.02. The molecule has 2 nitrogen and oxygen atoms in total. The van der Waals surface area contributed by atoms with Crippen LogP contribution in [0.3, 0.4) is 0 Å². The maximum absolute atomic E-state index is 5.39. The Kier molecular flexibility index (Phi) is 4.24. The first-order valence-electron chi connectivity index (χ1n) is 4.52. The third-order valence-electron chi connectivity index (χ3n) is 2.08. The summed E-state index contributed by atoms with van der Waals surface area (Å²) in [5.41, 5.74) is 5.39. The summed E-state index contributed by atoms with van der Waals surface area (Å²) >= 11 is 0. The maximum atomic E-state index is 5.39. The minimum Gasteiger partial charge on any atom is -0.330 e. The minimum absolute atomic E-state index is 0.714. The van der Waals surface area contributed by atoms with Gasteiger partial charge in [0.2, 0.25) is 0 Å². The lowest BCUT2D eigenvalue weighted by Crippen LogP contribution is -2.31. The fourth-order valence-electron chi connectivity index (χ4n) is 1.39. The Hall–Kier alpha value is -0.340. The second-order valence-corrected chi connectivity index (χ2v) is 3.08. The predicted octanol–water partition coefficient (Wildman–Crippen LogP) is 1.03. The van der Waals surface area contributed by atoms with Gasteiger partial charge in [-0.15, -0.1) is 0 Å². The van der Waals surface area contributed by atoms with Crippen LogP contribution in [0.1, 0.15) is 25.7 Å². The molecule has 0 bridgehead atoms. The number of hydrogen-bond donors (Lipinski definition) is 2. The minimum atomic E-state index is 0.714. The molecule has 1 rings (SSSR count). The lowest BCUT2D eigenvalue weighted by atomic mass is 10.0. The summed E-state index contributed by atoms with van der Waals surface area (Å²) in [5.74, 6) is 0. The molecule has 11 heavy (non-hydrogen) atoms. The average Bonchev–Trinajstić information content (AvgIpc) is 2.07. The normalized spacial score (nSPS) is 23.9. The quantitative estimate of drug-likeness (QED) is 0.469. The van der Waals surface area contributed by atoms with Crippen molar-refractivity contribution in [2.45, 2.75) is 31.7 Å². The van der Waals surface area contributed by atoms with Gasteiger partial charge in [0, 0.05) is 6.04 Å². The lowest BCUT2D eigenvalue weighted by Gasteiger charge is -2.18. The molecule has 1 aliphatic rings. The Morgan fingerprint density at radius 1 is 1.45 bits per heavy atom. The Bertz CT molecular complexity index is 121. The van der Waals surface area contributed by atoms with Crippen molar-refractivity contribution in [3.05, 3.63) is 12.2 Å². The molecule has 0 aliphatic heterocycles. The summed E-state index contributed by atoms with van der Waals surface area (Å²) in [6.07, 6.45) is 9.36. The van der Waals surface area contributed by atoms with Crippen LogP contribution in [-0.4, -0.2) is 19.1 Å². The zero-order valence-corrected chi connectivity index (χ0v) is 7.05. The molecule has 0 saturated heterocycles. The molecule has 0 aromatic heterocycles. The molecule has 0 aromatic rings. The van der Waals surface area contributed by atoms with E-state index < -0.39 is 0 Å². The third-order valence-corrected chi connectivity index (χ3v) is 2.08. The standard InChI is InChI=1S/C9H18N2/c10-7-4-8-11-9-5-2-1-3-6-9/h1-2,9,11H,3-8,10H2. The molecule has 0 radical (unpaired) electrons. The monoisotopic (exact) mass is 154 g/mol. The van der Waals surface area contributed by atoms with Crippen LogP contribution in [0.15, 0.2) is 12.2 Å². The van der Waals surface area contributed by atoms with Gasteiger partial charge in [0.05, 0.1) is 0 Å². The molecule has 0 aromatic carbocycles. The van der Waals surface area contributed by atoms with Gasteiger partial charge in [-0.1, -0.05) is 12.2 Å². The summed E-state index contributed by atoms with van der Waals surface area (Å²) in [7, 11) is 0. The molecule has 64 valence electrons. The van der Waals surface area contributed by atoms with Gasteiger partial charge in [0.1, 0.15) is 0 Å². The number of hydrogen-bond acceptors (Lipinski definition) is 2. The number of rotatable bonds is 4. The molecule has 1 aliphatic carbocycles. The van der Waals surface area contributed by atoms with E-state index in [9.17, 15) is 0 Å². The third kappa shape index (κ3) is 3.54. The van der Waals surface area contributed by atoms with Crippen LogP contribution in [0.2, 0.25) is 0 Å². The molecular formula is C9H18N2. The number of nitrogens with one attached hydrogen (secondary N) is 1.